The minimum atomic E-state index is -0.876. The average molecular weight is 304 g/mol. The number of aldehydes is 1. The number of amides is 1. The van der Waals surface area contributed by atoms with Gasteiger partial charge in [-0.15, -0.1) is 0 Å². The summed E-state index contributed by atoms with van der Waals surface area (Å²) >= 11 is 0. The lowest BCUT2D eigenvalue weighted by Gasteiger charge is -2.36. The number of aryl methyl sites for hydroxylation is 1. The van der Waals surface area contributed by atoms with Gasteiger partial charge >= 0.3 is 6.09 Å². The van der Waals surface area contributed by atoms with Gasteiger partial charge in [-0.2, -0.15) is 0 Å². The van der Waals surface area contributed by atoms with Crippen LogP contribution in [0.4, 0.5) is 4.79 Å². The lowest BCUT2D eigenvalue weighted by molar-refractivity contribution is -0.110. The van der Waals surface area contributed by atoms with Crippen LogP contribution in [-0.4, -0.2) is 47.1 Å². The Balaban J connectivity index is 1.67. The highest BCUT2D eigenvalue weighted by molar-refractivity contribution is 5.66. The van der Waals surface area contributed by atoms with Crippen molar-refractivity contribution in [2.24, 2.45) is 11.8 Å². The highest BCUT2D eigenvalue weighted by Crippen LogP contribution is 2.34. The summed E-state index contributed by atoms with van der Waals surface area (Å²) in [5.41, 5.74) is 4.32. The van der Waals surface area contributed by atoms with Crippen LogP contribution >= 0.6 is 0 Å². The second-order valence-electron chi connectivity index (χ2n) is 6.25. The van der Waals surface area contributed by atoms with Crippen molar-refractivity contribution >= 4 is 12.4 Å². The second kappa shape index (κ2) is 5.59. The molecule has 6 nitrogen and oxygen atoms in total. The van der Waals surface area contributed by atoms with Gasteiger partial charge in [-0.05, 0) is 37.8 Å². The fraction of sp³-hybridized carbons (Fsp3) is 0.562. The maximum atomic E-state index is 11.0. The minimum Gasteiger partial charge on any atom is -0.477 e. The number of hydrogen-bond acceptors (Lipinski definition) is 4. The van der Waals surface area contributed by atoms with E-state index in [9.17, 15) is 9.59 Å². The van der Waals surface area contributed by atoms with Gasteiger partial charge in [0.05, 0.1) is 6.61 Å². The number of ether oxygens (including phenoxy) is 1. The van der Waals surface area contributed by atoms with Crippen LogP contribution < -0.4 is 4.74 Å². The fourth-order valence-corrected chi connectivity index (χ4v) is 3.29. The van der Waals surface area contributed by atoms with E-state index in [0.29, 0.717) is 25.6 Å². The molecule has 3 rings (SSSR count). The molecule has 0 aromatic carbocycles. The number of hydrogen-bond donors (Lipinski definition) is 1. The Hall–Kier alpha value is -2.11. The molecule has 1 unspecified atom stereocenters. The Bertz CT molecular complexity index is 623. The van der Waals surface area contributed by atoms with E-state index in [0.717, 1.165) is 30.4 Å². The SMILES string of the molecule is Cc1nc(OCC2CN(C(=O)O)C2)c(C)c2c1CC(C=O)C2. The number of fused-ring (bicyclic) bond motifs is 1. The van der Waals surface area contributed by atoms with Gasteiger partial charge < -0.3 is 19.5 Å². The summed E-state index contributed by atoms with van der Waals surface area (Å²) in [7, 11) is 0. The third-order valence-corrected chi connectivity index (χ3v) is 4.65. The predicted octanol–water partition coefficient (Wildman–Crippen LogP) is 1.60. The first-order chi connectivity index (χ1) is 10.5. The third-order valence-electron chi connectivity index (χ3n) is 4.65. The first-order valence-electron chi connectivity index (χ1n) is 7.54. The van der Waals surface area contributed by atoms with Crippen LogP contribution in [0.3, 0.4) is 0 Å². The second-order valence-corrected chi connectivity index (χ2v) is 6.25. The molecular formula is C16H20N2O4. The van der Waals surface area contributed by atoms with Crippen LogP contribution in [0.5, 0.6) is 5.88 Å². The Morgan fingerprint density at radius 1 is 1.36 bits per heavy atom. The van der Waals surface area contributed by atoms with Crippen molar-refractivity contribution in [3.05, 3.63) is 22.4 Å². The number of carbonyl (C=O) groups is 2. The van der Waals surface area contributed by atoms with Crippen molar-refractivity contribution in [2.75, 3.05) is 19.7 Å². The van der Waals surface area contributed by atoms with Crippen LogP contribution in [0.2, 0.25) is 0 Å². The van der Waals surface area contributed by atoms with Crippen LogP contribution in [-0.2, 0) is 17.6 Å². The summed E-state index contributed by atoms with van der Waals surface area (Å²) < 4.78 is 5.82. The smallest absolute Gasteiger partial charge is 0.407 e. The number of nitrogens with zero attached hydrogens (tertiary/aromatic N) is 2. The Labute approximate surface area is 129 Å². The van der Waals surface area contributed by atoms with Gasteiger partial charge in [0.25, 0.3) is 0 Å². The number of likely N-dealkylation sites (tertiary alicyclic amines) is 1. The molecule has 1 amide bonds. The summed E-state index contributed by atoms with van der Waals surface area (Å²) in [6, 6.07) is 0. The van der Waals surface area contributed by atoms with Gasteiger partial charge in [-0.1, -0.05) is 0 Å². The van der Waals surface area contributed by atoms with E-state index < -0.39 is 6.09 Å². The lowest BCUT2D eigenvalue weighted by atomic mass is 10.0. The highest BCUT2D eigenvalue weighted by Gasteiger charge is 2.32. The van der Waals surface area contributed by atoms with Gasteiger partial charge in [-0.25, -0.2) is 9.78 Å². The number of aromatic nitrogens is 1. The number of rotatable bonds is 4. The summed E-state index contributed by atoms with van der Waals surface area (Å²) in [6.45, 7) is 5.45. The van der Waals surface area contributed by atoms with Crippen LogP contribution in [0.1, 0.15) is 22.4 Å². The van der Waals surface area contributed by atoms with E-state index in [-0.39, 0.29) is 11.8 Å². The summed E-state index contributed by atoms with van der Waals surface area (Å²) in [5.74, 6) is 0.908. The molecular weight excluding hydrogens is 284 g/mol. The molecule has 1 N–H and O–H groups in total. The number of carboxylic acid groups (broad SMARTS) is 1. The van der Waals surface area contributed by atoms with Crippen molar-refractivity contribution in [1.29, 1.82) is 0 Å². The Morgan fingerprint density at radius 2 is 2.05 bits per heavy atom. The maximum absolute atomic E-state index is 11.0. The quantitative estimate of drug-likeness (QED) is 0.855. The Kier molecular flexibility index (Phi) is 3.76. The highest BCUT2D eigenvalue weighted by atomic mass is 16.5. The maximum Gasteiger partial charge on any atom is 0.407 e. The molecule has 118 valence electrons. The minimum absolute atomic E-state index is 0.0557. The molecule has 0 saturated carbocycles. The molecule has 0 spiro atoms. The van der Waals surface area contributed by atoms with Gasteiger partial charge in [0.2, 0.25) is 5.88 Å². The van der Waals surface area contributed by atoms with E-state index in [1.165, 1.54) is 16.0 Å². The normalized spacial score (nSPS) is 20.5. The molecule has 0 bridgehead atoms. The largest absolute Gasteiger partial charge is 0.477 e. The van der Waals surface area contributed by atoms with E-state index in [2.05, 4.69) is 4.98 Å². The molecule has 1 fully saturated rings. The first kappa shape index (κ1) is 14.8. The number of pyridine rings is 1. The molecule has 1 atom stereocenters. The molecule has 0 radical (unpaired) electrons. The van der Waals surface area contributed by atoms with Gasteiger partial charge in [-0.3, -0.25) is 0 Å². The zero-order chi connectivity index (χ0) is 15.9. The van der Waals surface area contributed by atoms with Crippen molar-refractivity contribution in [2.45, 2.75) is 26.7 Å². The van der Waals surface area contributed by atoms with Crippen molar-refractivity contribution in [3.63, 3.8) is 0 Å². The zero-order valence-electron chi connectivity index (χ0n) is 12.8. The summed E-state index contributed by atoms with van der Waals surface area (Å²) in [6.07, 6.45) is 1.68. The van der Waals surface area contributed by atoms with Crippen LogP contribution in [0.25, 0.3) is 0 Å². The van der Waals surface area contributed by atoms with Crippen LogP contribution in [0, 0.1) is 25.7 Å². The topological polar surface area (TPSA) is 79.7 Å². The molecule has 2 heterocycles. The molecule has 1 aliphatic heterocycles. The predicted molar refractivity (Wildman–Crippen MR) is 79.3 cm³/mol. The lowest BCUT2D eigenvalue weighted by Crippen LogP contribution is -2.51. The van der Waals surface area contributed by atoms with Crippen molar-refractivity contribution < 1.29 is 19.4 Å². The Morgan fingerprint density at radius 3 is 2.68 bits per heavy atom. The fourth-order valence-electron chi connectivity index (χ4n) is 3.29. The van der Waals surface area contributed by atoms with E-state index in [1.54, 1.807) is 0 Å². The van der Waals surface area contributed by atoms with Crippen molar-refractivity contribution in [3.8, 4) is 5.88 Å². The number of carbonyl (C=O) groups excluding carboxylic acids is 1. The monoisotopic (exact) mass is 304 g/mol. The standard InChI is InChI=1S/C16H20N2O4/c1-9-13-3-11(7-19)4-14(13)10(2)17-15(9)22-8-12-5-18(6-12)16(20)21/h7,11-12H,3-6,8H2,1-2H3,(H,20,21). The van der Waals surface area contributed by atoms with Gasteiger partial charge in [0, 0.05) is 36.2 Å². The molecule has 2 aliphatic rings. The summed E-state index contributed by atoms with van der Waals surface area (Å²) in [5, 5.41) is 8.82. The third kappa shape index (κ3) is 2.53. The zero-order valence-corrected chi connectivity index (χ0v) is 12.8. The van der Waals surface area contributed by atoms with Crippen LogP contribution in [0.15, 0.2) is 0 Å². The average Bonchev–Trinajstić information content (AvgIpc) is 2.87. The summed E-state index contributed by atoms with van der Waals surface area (Å²) in [4.78, 5) is 27.7. The van der Waals surface area contributed by atoms with E-state index in [4.69, 9.17) is 9.84 Å². The van der Waals surface area contributed by atoms with Gasteiger partial charge in [0.15, 0.2) is 0 Å². The van der Waals surface area contributed by atoms with Crippen molar-refractivity contribution in [1.82, 2.24) is 9.88 Å². The van der Waals surface area contributed by atoms with E-state index in [1.807, 2.05) is 13.8 Å². The van der Waals surface area contributed by atoms with E-state index >= 15 is 0 Å². The molecule has 1 aromatic heterocycles. The molecule has 1 saturated heterocycles. The molecule has 1 aliphatic carbocycles. The molecule has 1 aromatic rings. The van der Waals surface area contributed by atoms with Gasteiger partial charge in [0.1, 0.15) is 6.29 Å². The first-order valence-corrected chi connectivity index (χ1v) is 7.54. The molecule has 22 heavy (non-hydrogen) atoms. The molecule has 6 heteroatoms.